The number of pyridine rings is 1. The van der Waals surface area contributed by atoms with Crippen molar-refractivity contribution in [3.8, 4) is 0 Å². The summed E-state index contributed by atoms with van der Waals surface area (Å²) >= 11 is 3.46. The number of halogens is 1. The lowest BCUT2D eigenvalue weighted by Gasteiger charge is -2.09. The summed E-state index contributed by atoms with van der Waals surface area (Å²) < 4.78 is 2.59. The molecule has 0 bridgehead atoms. The van der Waals surface area contributed by atoms with Crippen LogP contribution in [-0.4, -0.2) is 14.8 Å². The first-order valence-electron chi connectivity index (χ1n) is 4.74. The largest absolute Gasteiger partial charge is 0.397 e. The second kappa shape index (κ2) is 4.13. The van der Waals surface area contributed by atoms with Crippen LogP contribution in [-0.2, 0) is 7.05 Å². The fourth-order valence-electron chi connectivity index (χ4n) is 1.30. The van der Waals surface area contributed by atoms with Gasteiger partial charge in [0.05, 0.1) is 28.2 Å². The molecule has 0 atom stereocenters. The van der Waals surface area contributed by atoms with Gasteiger partial charge in [0.1, 0.15) is 5.82 Å². The summed E-state index contributed by atoms with van der Waals surface area (Å²) in [5.74, 6) is 0.736. The van der Waals surface area contributed by atoms with Gasteiger partial charge in [-0.05, 0) is 28.4 Å². The Hall–Kier alpha value is -1.56. The molecule has 0 aromatic carbocycles. The van der Waals surface area contributed by atoms with Gasteiger partial charge in [-0.1, -0.05) is 0 Å². The van der Waals surface area contributed by atoms with Gasteiger partial charge in [-0.3, -0.25) is 4.68 Å². The standard InChI is InChI=1S/C10H12BrN5/c1-6-8(12)4-13-10(9(6)11)15-7-3-14-16(2)5-7/h3-5H,12H2,1-2H3,(H,13,15). The highest BCUT2D eigenvalue weighted by Gasteiger charge is 2.08. The molecule has 2 heterocycles. The van der Waals surface area contributed by atoms with Crippen LogP contribution in [0.4, 0.5) is 17.2 Å². The molecule has 0 saturated heterocycles. The van der Waals surface area contributed by atoms with Crippen LogP contribution in [0.5, 0.6) is 0 Å². The van der Waals surface area contributed by atoms with E-state index in [-0.39, 0.29) is 0 Å². The maximum atomic E-state index is 5.75. The van der Waals surface area contributed by atoms with Crippen LogP contribution in [0, 0.1) is 6.92 Å². The number of hydrogen-bond acceptors (Lipinski definition) is 4. The molecule has 84 valence electrons. The number of aromatic nitrogens is 3. The monoisotopic (exact) mass is 281 g/mol. The third-order valence-corrected chi connectivity index (χ3v) is 3.24. The molecule has 2 rings (SSSR count). The summed E-state index contributed by atoms with van der Waals surface area (Å²) in [4.78, 5) is 4.22. The van der Waals surface area contributed by atoms with Crippen LogP contribution < -0.4 is 11.1 Å². The summed E-state index contributed by atoms with van der Waals surface area (Å²) in [5.41, 5.74) is 8.28. The Balaban J connectivity index is 2.32. The zero-order chi connectivity index (χ0) is 11.7. The van der Waals surface area contributed by atoms with Gasteiger partial charge in [0.25, 0.3) is 0 Å². The Labute approximate surface area is 102 Å². The first-order chi connectivity index (χ1) is 7.58. The number of rotatable bonds is 2. The third kappa shape index (κ3) is 2.01. The molecule has 0 aliphatic rings. The van der Waals surface area contributed by atoms with Crippen LogP contribution in [0.2, 0.25) is 0 Å². The maximum Gasteiger partial charge on any atom is 0.145 e. The van der Waals surface area contributed by atoms with E-state index < -0.39 is 0 Å². The van der Waals surface area contributed by atoms with Crippen molar-refractivity contribution in [1.29, 1.82) is 0 Å². The lowest BCUT2D eigenvalue weighted by molar-refractivity contribution is 0.768. The zero-order valence-electron chi connectivity index (χ0n) is 9.03. The van der Waals surface area contributed by atoms with Gasteiger partial charge < -0.3 is 11.1 Å². The molecule has 0 unspecified atom stereocenters. The Morgan fingerprint density at radius 2 is 2.19 bits per heavy atom. The van der Waals surface area contributed by atoms with Crippen molar-refractivity contribution in [3.63, 3.8) is 0 Å². The van der Waals surface area contributed by atoms with Crippen molar-refractivity contribution < 1.29 is 0 Å². The minimum atomic E-state index is 0.670. The highest BCUT2D eigenvalue weighted by atomic mass is 79.9. The van der Waals surface area contributed by atoms with Crippen molar-refractivity contribution in [1.82, 2.24) is 14.8 Å². The fraction of sp³-hybridized carbons (Fsp3) is 0.200. The molecule has 0 spiro atoms. The Kier molecular flexibility index (Phi) is 2.82. The van der Waals surface area contributed by atoms with Crippen molar-refractivity contribution in [3.05, 3.63) is 28.6 Å². The van der Waals surface area contributed by atoms with Gasteiger partial charge in [0.2, 0.25) is 0 Å². The number of nitrogens with zero attached hydrogens (tertiary/aromatic N) is 3. The van der Waals surface area contributed by atoms with E-state index in [1.54, 1.807) is 17.1 Å². The summed E-state index contributed by atoms with van der Waals surface area (Å²) in [6.45, 7) is 1.94. The molecular formula is C10H12BrN5. The van der Waals surface area contributed by atoms with Gasteiger partial charge >= 0.3 is 0 Å². The molecule has 0 fully saturated rings. The van der Waals surface area contributed by atoms with E-state index in [4.69, 9.17) is 5.73 Å². The number of hydrogen-bond donors (Lipinski definition) is 2. The van der Waals surface area contributed by atoms with Gasteiger partial charge in [-0.15, -0.1) is 0 Å². The summed E-state index contributed by atoms with van der Waals surface area (Å²) in [5, 5.41) is 7.23. The smallest absolute Gasteiger partial charge is 0.145 e. The molecule has 3 N–H and O–H groups in total. The molecular weight excluding hydrogens is 270 g/mol. The van der Waals surface area contributed by atoms with E-state index in [1.165, 1.54) is 0 Å². The molecule has 6 heteroatoms. The summed E-state index contributed by atoms with van der Waals surface area (Å²) in [6, 6.07) is 0. The third-order valence-electron chi connectivity index (χ3n) is 2.27. The van der Waals surface area contributed by atoms with Crippen LogP contribution >= 0.6 is 15.9 Å². The van der Waals surface area contributed by atoms with Crippen molar-refractivity contribution in [2.75, 3.05) is 11.1 Å². The molecule has 0 saturated carbocycles. The van der Waals surface area contributed by atoms with Crippen LogP contribution in [0.15, 0.2) is 23.1 Å². The van der Waals surface area contributed by atoms with E-state index in [0.717, 1.165) is 21.5 Å². The summed E-state index contributed by atoms with van der Waals surface area (Å²) in [6.07, 6.45) is 5.25. The van der Waals surface area contributed by atoms with E-state index in [9.17, 15) is 0 Å². The molecule has 0 aliphatic heterocycles. The number of nitrogen functional groups attached to an aromatic ring is 1. The van der Waals surface area contributed by atoms with Gasteiger partial charge in [-0.25, -0.2) is 4.98 Å². The van der Waals surface area contributed by atoms with E-state index in [2.05, 4.69) is 31.3 Å². The molecule has 0 aliphatic carbocycles. The van der Waals surface area contributed by atoms with Gasteiger partial charge in [0.15, 0.2) is 0 Å². The minimum Gasteiger partial charge on any atom is -0.397 e. The molecule has 0 amide bonds. The van der Waals surface area contributed by atoms with E-state index in [1.807, 2.05) is 20.2 Å². The second-order valence-corrected chi connectivity index (χ2v) is 4.32. The molecule has 5 nitrogen and oxygen atoms in total. The Morgan fingerprint density at radius 3 is 2.81 bits per heavy atom. The van der Waals surface area contributed by atoms with E-state index >= 15 is 0 Å². The Morgan fingerprint density at radius 1 is 1.44 bits per heavy atom. The fourth-order valence-corrected chi connectivity index (χ4v) is 1.73. The van der Waals surface area contributed by atoms with Crippen molar-refractivity contribution in [2.24, 2.45) is 7.05 Å². The molecule has 2 aromatic rings. The quantitative estimate of drug-likeness (QED) is 0.886. The lowest BCUT2D eigenvalue weighted by Crippen LogP contribution is -1.99. The highest BCUT2D eigenvalue weighted by molar-refractivity contribution is 9.10. The minimum absolute atomic E-state index is 0.670. The van der Waals surface area contributed by atoms with Crippen LogP contribution in [0.1, 0.15) is 5.56 Å². The summed E-state index contributed by atoms with van der Waals surface area (Å²) in [7, 11) is 1.86. The maximum absolute atomic E-state index is 5.75. The number of anilines is 3. The van der Waals surface area contributed by atoms with Crippen molar-refractivity contribution >= 4 is 33.1 Å². The topological polar surface area (TPSA) is 68.8 Å². The first-order valence-corrected chi connectivity index (χ1v) is 5.53. The molecule has 2 aromatic heterocycles. The number of nitrogens with two attached hydrogens (primary N) is 1. The first kappa shape index (κ1) is 10.9. The second-order valence-electron chi connectivity index (χ2n) is 3.53. The lowest BCUT2D eigenvalue weighted by atomic mass is 10.2. The van der Waals surface area contributed by atoms with Crippen LogP contribution in [0.25, 0.3) is 0 Å². The Bertz CT molecular complexity index is 520. The highest BCUT2D eigenvalue weighted by Crippen LogP contribution is 2.29. The predicted molar refractivity (Wildman–Crippen MR) is 67.6 cm³/mol. The van der Waals surface area contributed by atoms with Gasteiger partial charge in [-0.2, -0.15) is 5.10 Å². The number of aryl methyl sites for hydroxylation is 1. The van der Waals surface area contributed by atoms with Crippen molar-refractivity contribution in [2.45, 2.75) is 6.92 Å². The average molecular weight is 282 g/mol. The predicted octanol–water partition coefficient (Wildman–Crippen LogP) is 2.21. The number of nitrogens with one attached hydrogen (secondary N) is 1. The normalized spacial score (nSPS) is 10.4. The average Bonchev–Trinajstić information content (AvgIpc) is 2.65. The zero-order valence-corrected chi connectivity index (χ0v) is 10.6. The molecule has 0 radical (unpaired) electrons. The SMILES string of the molecule is Cc1c(N)cnc(Nc2cnn(C)c2)c1Br. The van der Waals surface area contributed by atoms with Crippen LogP contribution in [0.3, 0.4) is 0 Å². The molecule has 16 heavy (non-hydrogen) atoms. The van der Waals surface area contributed by atoms with E-state index in [0.29, 0.717) is 5.69 Å². The van der Waals surface area contributed by atoms with Gasteiger partial charge in [0, 0.05) is 13.2 Å².